The molecule has 1 aliphatic rings. The van der Waals surface area contributed by atoms with Gasteiger partial charge < -0.3 is 19.9 Å². The summed E-state index contributed by atoms with van der Waals surface area (Å²) >= 11 is 0. The average Bonchev–Trinajstić information content (AvgIpc) is 3.19. The van der Waals surface area contributed by atoms with E-state index in [0.717, 1.165) is 70.6 Å². The summed E-state index contributed by atoms with van der Waals surface area (Å²) in [6.07, 6.45) is 8.20. The Morgan fingerprint density at radius 2 is 1.97 bits per heavy atom. The van der Waals surface area contributed by atoms with Gasteiger partial charge in [-0.25, -0.2) is 9.78 Å². The minimum Gasteiger partial charge on any atom is -0.478 e. The van der Waals surface area contributed by atoms with Gasteiger partial charge in [0.1, 0.15) is 0 Å². The van der Waals surface area contributed by atoms with E-state index in [0.29, 0.717) is 12.5 Å². The summed E-state index contributed by atoms with van der Waals surface area (Å²) < 4.78 is 7.54. The molecule has 2 N–H and O–H groups in total. The number of aromatic amines is 1. The molecule has 1 aliphatic heterocycles. The Labute approximate surface area is 211 Å². The second-order valence-electron chi connectivity index (χ2n) is 9.93. The summed E-state index contributed by atoms with van der Waals surface area (Å²) in [7, 11) is 1.76. The lowest BCUT2D eigenvalue weighted by Crippen LogP contribution is -2.34. The zero-order valence-corrected chi connectivity index (χ0v) is 21.5. The first kappa shape index (κ1) is 24.3. The largest absolute Gasteiger partial charge is 0.478 e. The number of piperidine rings is 1. The lowest BCUT2D eigenvalue weighted by Gasteiger charge is -2.29. The highest BCUT2D eigenvalue weighted by Gasteiger charge is 2.17. The normalized spacial score (nSPS) is 15.1. The summed E-state index contributed by atoms with van der Waals surface area (Å²) in [5.41, 5.74) is 5.23. The van der Waals surface area contributed by atoms with E-state index in [1.54, 1.807) is 17.8 Å². The van der Waals surface area contributed by atoms with E-state index in [1.165, 1.54) is 25.9 Å². The van der Waals surface area contributed by atoms with Crippen molar-refractivity contribution in [1.82, 2.24) is 24.4 Å². The van der Waals surface area contributed by atoms with Gasteiger partial charge >= 0.3 is 5.69 Å². The number of benzene rings is 1. The van der Waals surface area contributed by atoms with Gasteiger partial charge in [-0.3, -0.25) is 9.55 Å². The molecule has 190 valence electrons. The predicted molar refractivity (Wildman–Crippen MR) is 146 cm³/mol. The third-order valence-corrected chi connectivity index (χ3v) is 7.26. The molecule has 0 spiro atoms. The molecular formula is C28H36N6O2. The Bertz CT molecular complexity index is 1380. The highest BCUT2D eigenvalue weighted by atomic mass is 16.5. The summed E-state index contributed by atoms with van der Waals surface area (Å²) in [5.74, 6) is 1.50. The summed E-state index contributed by atoms with van der Waals surface area (Å²) in [5, 5.41) is 4.50. The van der Waals surface area contributed by atoms with Crippen LogP contribution in [0.1, 0.15) is 39.5 Å². The van der Waals surface area contributed by atoms with Gasteiger partial charge in [0.15, 0.2) is 0 Å². The second-order valence-corrected chi connectivity index (χ2v) is 9.93. The minimum absolute atomic E-state index is 0.149. The zero-order valence-electron chi connectivity index (χ0n) is 21.5. The molecule has 0 radical (unpaired) electrons. The van der Waals surface area contributed by atoms with E-state index in [4.69, 9.17) is 4.74 Å². The molecule has 1 fully saturated rings. The van der Waals surface area contributed by atoms with Gasteiger partial charge in [-0.2, -0.15) is 0 Å². The Morgan fingerprint density at radius 3 is 2.72 bits per heavy atom. The molecule has 0 bridgehead atoms. The van der Waals surface area contributed by atoms with E-state index < -0.39 is 0 Å². The summed E-state index contributed by atoms with van der Waals surface area (Å²) in [6, 6.07) is 8.05. The first-order valence-electron chi connectivity index (χ1n) is 13.1. The molecule has 0 amide bonds. The predicted octanol–water partition coefficient (Wildman–Crippen LogP) is 4.80. The van der Waals surface area contributed by atoms with Crippen molar-refractivity contribution in [3.8, 4) is 17.0 Å². The third kappa shape index (κ3) is 4.95. The molecule has 0 unspecified atom stereocenters. The lowest BCUT2D eigenvalue weighted by molar-refractivity contribution is 0.176. The van der Waals surface area contributed by atoms with Gasteiger partial charge in [0.25, 0.3) is 0 Å². The molecular weight excluding hydrogens is 452 g/mol. The Hall–Kier alpha value is -3.39. The minimum atomic E-state index is -0.149. The Balaban J connectivity index is 1.36. The maximum Gasteiger partial charge on any atom is 0.326 e. The lowest BCUT2D eigenvalue weighted by atomic mass is 9.99. The van der Waals surface area contributed by atoms with Crippen LogP contribution in [0.4, 0.5) is 5.69 Å². The number of rotatable bonds is 9. The number of fused-ring (bicyclic) bond motifs is 3. The number of likely N-dealkylation sites (tertiary alicyclic amines) is 1. The molecule has 4 heterocycles. The number of hydrogen-bond donors (Lipinski definition) is 2. The molecule has 0 saturated carbocycles. The molecule has 1 saturated heterocycles. The molecule has 1 aromatic carbocycles. The number of imidazole rings is 1. The number of ether oxygens (including phenoxy) is 1. The molecule has 0 aliphatic carbocycles. The number of nitrogens with zero attached hydrogens (tertiary/aromatic N) is 4. The standard InChI is InChI=1S/C28H36N6O2/c1-4-12-29-26-21(7-8-22-25(26)27-23(18-30-22)33(3)28(35)32-27)20-6-9-24(31-17-20)36-16-5-13-34-14-10-19(2)11-15-34/h6-9,17-19,29H,4-5,10-16H2,1-3H3,(H,32,35). The Morgan fingerprint density at radius 1 is 1.14 bits per heavy atom. The van der Waals surface area contributed by atoms with E-state index in [1.807, 2.05) is 24.4 Å². The van der Waals surface area contributed by atoms with Crippen LogP contribution in [0.15, 0.2) is 41.5 Å². The van der Waals surface area contributed by atoms with Gasteiger partial charge in [0, 0.05) is 48.9 Å². The van der Waals surface area contributed by atoms with E-state index >= 15 is 0 Å². The first-order chi connectivity index (χ1) is 17.5. The maximum atomic E-state index is 12.3. The highest BCUT2D eigenvalue weighted by molar-refractivity contribution is 6.12. The first-order valence-corrected chi connectivity index (χ1v) is 13.1. The van der Waals surface area contributed by atoms with Gasteiger partial charge in [-0.15, -0.1) is 0 Å². The van der Waals surface area contributed by atoms with Crippen molar-refractivity contribution < 1.29 is 4.74 Å². The topological polar surface area (TPSA) is 88.1 Å². The number of aromatic nitrogens is 4. The molecule has 0 atom stereocenters. The quantitative estimate of drug-likeness (QED) is 0.329. The van der Waals surface area contributed by atoms with Crippen LogP contribution < -0.4 is 15.7 Å². The van der Waals surface area contributed by atoms with Crippen LogP contribution in [0.5, 0.6) is 5.88 Å². The average molecular weight is 489 g/mol. The van der Waals surface area contributed by atoms with E-state index in [2.05, 4.69) is 45.1 Å². The Kier molecular flexibility index (Phi) is 7.23. The van der Waals surface area contributed by atoms with Crippen LogP contribution >= 0.6 is 0 Å². The van der Waals surface area contributed by atoms with Gasteiger partial charge in [0.2, 0.25) is 5.88 Å². The van der Waals surface area contributed by atoms with E-state index in [-0.39, 0.29) is 5.69 Å². The smallest absolute Gasteiger partial charge is 0.326 e. The van der Waals surface area contributed by atoms with Crippen molar-refractivity contribution in [1.29, 1.82) is 0 Å². The van der Waals surface area contributed by atoms with Crippen LogP contribution in [0.2, 0.25) is 0 Å². The van der Waals surface area contributed by atoms with Crippen molar-refractivity contribution in [2.75, 3.05) is 38.1 Å². The van der Waals surface area contributed by atoms with Crippen molar-refractivity contribution in [3.63, 3.8) is 0 Å². The molecule has 5 rings (SSSR count). The van der Waals surface area contributed by atoms with Crippen LogP contribution in [-0.2, 0) is 7.05 Å². The fraction of sp³-hybridized carbons (Fsp3) is 0.464. The highest BCUT2D eigenvalue weighted by Crippen LogP contribution is 2.37. The molecule has 36 heavy (non-hydrogen) atoms. The number of aryl methyl sites for hydroxylation is 1. The summed E-state index contributed by atoms with van der Waals surface area (Å²) in [6.45, 7) is 9.44. The van der Waals surface area contributed by atoms with Crippen LogP contribution in [0.25, 0.3) is 33.1 Å². The van der Waals surface area contributed by atoms with Gasteiger partial charge in [-0.1, -0.05) is 19.9 Å². The van der Waals surface area contributed by atoms with Crippen LogP contribution in [0, 0.1) is 5.92 Å². The fourth-order valence-electron chi connectivity index (χ4n) is 5.01. The van der Waals surface area contributed by atoms with E-state index in [9.17, 15) is 4.79 Å². The van der Waals surface area contributed by atoms with Gasteiger partial charge in [-0.05, 0) is 56.8 Å². The number of hydrogen-bond acceptors (Lipinski definition) is 6. The van der Waals surface area contributed by atoms with Crippen molar-refractivity contribution in [3.05, 3.63) is 47.1 Å². The molecule has 3 aromatic heterocycles. The summed E-state index contributed by atoms with van der Waals surface area (Å²) in [4.78, 5) is 27.1. The maximum absolute atomic E-state index is 12.3. The molecule has 4 aromatic rings. The SMILES string of the molecule is CCCNc1c(-c2ccc(OCCCN3CCC(C)CC3)nc2)ccc2ncc3c([nH]c(=O)n3C)c12. The number of H-pyrrole nitrogens is 1. The van der Waals surface area contributed by atoms with Crippen LogP contribution in [0.3, 0.4) is 0 Å². The second kappa shape index (κ2) is 10.7. The van der Waals surface area contributed by atoms with Crippen molar-refractivity contribution >= 4 is 27.6 Å². The molecule has 8 nitrogen and oxygen atoms in total. The van der Waals surface area contributed by atoms with Gasteiger partial charge in [0.05, 0.1) is 35.0 Å². The third-order valence-electron chi connectivity index (χ3n) is 7.26. The van der Waals surface area contributed by atoms with Crippen molar-refractivity contribution in [2.24, 2.45) is 13.0 Å². The number of anilines is 1. The van der Waals surface area contributed by atoms with Crippen molar-refractivity contribution in [2.45, 2.75) is 39.5 Å². The van der Waals surface area contributed by atoms with Crippen LogP contribution in [-0.4, -0.2) is 57.2 Å². The number of pyridine rings is 2. The monoisotopic (exact) mass is 488 g/mol. The zero-order chi connectivity index (χ0) is 25.1. The fourth-order valence-corrected chi connectivity index (χ4v) is 5.01. The number of nitrogens with one attached hydrogen (secondary N) is 2. The molecule has 8 heteroatoms.